The molecule has 0 aliphatic carbocycles. The van der Waals surface area contributed by atoms with Gasteiger partial charge < -0.3 is 21.3 Å². The zero-order valence-electron chi connectivity index (χ0n) is 6.99. The second-order valence-electron chi connectivity index (χ2n) is 2.62. The molecule has 5 N–H and O–H groups in total. The van der Waals surface area contributed by atoms with E-state index in [1.807, 2.05) is 0 Å². The summed E-state index contributed by atoms with van der Waals surface area (Å²) in [6.07, 6.45) is 0.565. The summed E-state index contributed by atoms with van der Waals surface area (Å²) in [4.78, 5) is 10.1. The molecule has 0 saturated carbocycles. The van der Waals surface area contributed by atoms with Crippen LogP contribution in [-0.2, 0) is 4.79 Å². The van der Waals surface area contributed by atoms with Crippen molar-refractivity contribution in [3.63, 3.8) is 0 Å². The maximum Gasteiger partial charge on any atom is 0.303 e. The molecular formula is C7H16N2O3. The number of carboxylic acid groups (broad SMARTS) is 1. The molecule has 0 aliphatic heterocycles. The van der Waals surface area contributed by atoms with Crippen molar-refractivity contribution in [1.82, 2.24) is 5.32 Å². The first-order chi connectivity index (χ1) is 5.66. The number of aliphatic hydroxyl groups is 1. The third-order valence-electron chi connectivity index (χ3n) is 1.42. The number of nitrogens with one attached hydrogen (secondary N) is 1. The van der Waals surface area contributed by atoms with Gasteiger partial charge in [0.1, 0.15) is 0 Å². The van der Waals surface area contributed by atoms with E-state index in [-0.39, 0.29) is 19.1 Å². The quantitative estimate of drug-likeness (QED) is 0.364. The molecule has 0 fully saturated rings. The number of hydrogen-bond donors (Lipinski definition) is 4. The average Bonchev–Trinajstić information content (AvgIpc) is 2.01. The molecule has 0 aromatic heterocycles. The first-order valence-corrected chi connectivity index (χ1v) is 3.95. The summed E-state index contributed by atoms with van der Waals surface area (Å²) in [5.41, 5.74) is 5.56. The molecule has 0 aliphatic rings. The van der Waals surface area contributed by atoms with Gasteiger partial charge in [0, 0.05) is 25.6 Å². The van der Waals surface area contributed by atoms with Crippen LogP contribution in [0.2, 0.25) is 0 Å². The minimum atomic E-state index is -0.826. The van der Waals surface area contributed by atoms with Gasteiger partial charge in [-0.15, -0.1) is 0 Å². The molecule has 0 aromatic rings. The highest BCUT2D eigenvalue weighted by Crippen LogP contribution is 1.92. The topological polar surface area (TPSA) is 95.6 Å². The van der Waals surface area contributed by atoms with E-state index in [0.717, 1.165) is 0 Å². The molecule has 72 valence electrons. The van der Waals surface area contributed by atoms with Gasteiger partial charge in [-0.1, -0.05) is 0 Å². The van der Waals surface area contributed by atoms with E-state index in [4.69, 9.17) is 15.9 Å². The third kappa shape index (κ3) is 7.46. The van der Waals surface area contributed by atoms with Gasteiger partial charge in [0.25, 0.3) is 0 Å². The Bertz CT molecular complexity index is 130. The number of nitrogens with two attached hydrogens (primary N) is 1. The van der Waals surface area contributed by atoms with Crippen molar-refractivity contribution in [3.05, 3.63) is 0 Å². The van der Waals surface area contributed by atoms with E-state index in [1.165, 1.54) is 0 Å². The van der Waals surface area contributed by atoms with Crippen molar-refractivity contribution in [2.45, 2.75) is 18.9 Å². The summed E-state index contributed by atoms with van der Waals surface area (Å²) in [5.74, 6) is -0.826. The van der Waals surface area contributed by atoms with Crippen LogP contribution in [-0.4, -0.2) is 41.9 Å². The SMILES string of the molecule is NC(CCC(=O)O)CNCCO. The smallest absolute Gasteiger partial charge is 0.303 e. The number of aliphatic carboxylic acids is 1. The zero-order chi connectivity index (χ0) is 9.40. The Morgan fingerprint density at radius 1 is 1.58 bits per heavy atom. The van der Waals surface area contributed by atoms with Gasteiger partial charge >= 0.3 is 5.97 Å². The summed E-state index contributed by atoms with van der Waals surface area (Å²) < 4.78 is 0. The Balaban J connectivity index is 3.21. The Morgan fingerprint density at radius 2 is 2.25 bits per heavy atom. The molecule has 12 heavy (non-hydrogen) atoms. The van der Waals surface area contributed by atoms with Gasteiger partial charge in [-0.3, -0.25) is 4.79 Å². The van der Waals surface area contributed by atoms with Crippen LogP contribution in [0.4, 0.5) is 0 Å². The monoisotopic (exact) mass is 176 g/mol. The second-order valence-corrected chi connectivity index (χ2v) is 2.62. The summed E-state index contributed by atoms with van der Waals surface area (Å²) in [7, 11) is 0. The number of carboxylic acids is 1. The Hall–Kier alpha value is -0.650. The van der Waals surface area contributed by atoms with Crippen molar-refractivity contribution >= 4 is 5.97 Å². The highest BCUT2D eigenvalue weighted by atomic mass is 16.4. The van der Waals surface area contributed by atoms with Crippen LogP contribution in [0.3, 0.4) is 0 Å². The standard InChI is InChI=1S/C7H16N2O3/c8-6(1-2-7(11)12)5-9-3-4-10/h6,9-10H,1-5,8H2,(H,11,12). The predicted molar refractivity (Wildman–Crippen MR) is 44.8 cm³/mol. The van der Waals surface area contributed by atoms with Gasteiger partial charge in [-0.2, -0.15) is 0 Å². The molecule has 0 bridgehead atoms. The van der Waals surface area contributed by atoms with Gasteiger partial charge in [-0.25, -0.2) is 0 Å². The summed E-state index contributed by atoms with van der Waals surface area (Å²) >= 11 is 0. The molecule has 5 nitrogen and oxygen atoms in total. The fourth-order valence-corrected chi connectivity index (χ4v) is 0.777. The lowest BCUT2D eigenvalue weighted by molar-refractivity contribution is -0.137. The number of aliphatic hydroxyl groups excluding tert-OH is 1. The van der Waals surface area contributed by atoms with E-state index < -0.39 is 5.97 Å². The maximum absolute atomic E-state index is 10.1. The second kappa shape index (κ2) is 7.02. The average molecular weight is 176 g/mol. The molecule has 0 heterocycles. The van der Waals surface area contributed by atoms with E-state index >= 15 is 0 Å². The van der Waals surface area contributed by atoms with Crippen LogP contribution >= 0.6 is 0 Å². The van der Waals surface area contributed by atoms with Crippen molar-refractivity contribution in [2.75, 3.05) is 19.7 Å². The van der Waals surface area contributed by atoms with Crippen molar-refractivity contribution < 1.29 is 15.0 Å². The lowest BCUT2D eigenvalue weighted by Gasteiger charge is -2.10. The molecule has 0 saturated heterocycles. The fraction of sp³-hybridized carbons (Fsp3) is 0.857. The molecule has 0 aromatic carbocycles. The third-order valence-corrected chi connectivity index (χ3v) is 1.42. The summed E-state index contributed by atoms with van der Waals surface area (Å²) in [6.45, 7) is 1.13. The van der Waals surface area contributed by atoms with E-state index in [1.54, 1.807) is 0 Å². The van der Waals surface area contributed by atoms with E-state index in [2.05, 4.69) is 5.32 Å². The Kier molecular flexibility index (Phi) is 6.64. The molecule has 1 unspecified atom stereocenters. The molecule has 1 atom stereocenters. The lowest BCUT2D eigenvalue weighted by atomic mass is 10.2. The molecular weight excluding hydrogens is 160 g/mol. The number of rotatable bonds is 7. The normalized spacial score (nSPS) is 12.8. The van der Waals surface area contributed by atoms with E-state index in [9.17, 15) is 4.79 Å². The van der Waals surface area contributed by atoms with E-state index in [0.29, 0.717) is 19.5 Å². The van der Waals surface area contributed by atoms with Gasteiger partial charge in [0.2, 0.25) is 0 Å². The van der Waals surface area contributed by atoms with Gasteiger partial charge in [-0.05, 0) is 6.42 Å². The molecule has 0 spiro atoms. The van der Waals surface area contributed by atoms with Gasteiger partial charge in [0.05, 0.1) is 6.61 Å². The van der Waals surface area contributed by atoms with Crippen LogP contribution in [0.15, 0.2) is 0 Å². The Morgan fingerprint density at radius 3 is 2.75 bits per heavy atom. The summed E-state index contributed by atoms with van der Waals surface area (Å²) in [6, 6.07) is -0.146. The fourth-order valence-electron chi connectivity index (χ4n) is 0.777. The zero-order valence-corrected chi connectivity index (χ0v) is 6.99. The highest BCUT2D eigenvalue weighted by Gasteiger charge is 2.04. The lowest BCUT2D eigenvalue weighted by Crippen LogP contribution is -2.35. The number of hydrogen-bond acceptors (Lipinski definition) is 4. The first-order valence-electron chi connectivity index (χ1n) is 3.95. The van der Waals surface area contributed by atoms with Gasteiger partial charge in [0.15, 0.2) is 0 Å². The van der Waals surface area contributed by atoms with Crippen LogP contribution in [0.25, 0.3) is 0 Å². The molecule has 0 radical (unpaired) electrons. The first kappa shape index (κ1) is 11.4. The largest absolute Gasteiger partial charge is 0.481 e. The van der Waals surface area contributed by atoms with Crippen molar-refractivity contribution in [2.24, 2.45) is 5.73 Å². The predicted octanol–water partition coefficient (Wildman–Crippen LogP) is -1.24. The molecule has 0 amide bonds. The minimum absolute atomic E-state index is 0.0751. The van der Waals surface area contributed by atoms with Crippen molar-refractivity contribution in [3.8, 4) is 0 Å². The highest BCUT2D eigenvalue weighted by molar-refractivity contribution is 5.66. The minimum Gasteiger partial charge on any atom is -0.481 e. The van der Waals surface area contributed by atoms with Crippen molar-refractivity contribution in [1.29, 1.82) is 0 Å². The maximum atomic E-state index is 10.1. The molecule has 5 heteroatoms. The molecule has 0 rings (SSSR count). The van der Waals surface area contributed by atoms with Crippen LogP contribution < -0.4 is 11.1 Å². The van der Waals surface area contributed by atoms with Crippen LogP contribution in [0, 0.1) is 0 Å². The number of carbonyl (C=O) groups is 1. The van der Waals surface area contributed by atoms with Crippen LogP contribution in [0.1, 0.15) is 12.8 Å². The Labute approximate surface area is 71.6 Å². The summed E-state index contributed by atoms with van der Waals surface area (Å²) in [5, 5.41) is 19.6. The van der Waals surface area contributed by atoms with Crippen LogP contribution in [0.5, 0.6) is 0 Å².